The molecule has 57 heavy (non-hydrogen) atoms. The number of halogens is 1. The first-order valence-corrected chi connectivity index (χ1v) is 19.6. The summed E-state index contributed by atoms with van der Waals surface area (Å²) in [5.41, 5.74) is 9.05. The van der Waals surface area contributed by atoms with Crippen LogP contribution in [-0.2, 0) is 31.1 Å². The lowest BCUT2D eigenvalue weighted by atomic mass is 9.89. The normalized spacial score (nSPS) is 16.4. The molecule has 0 bridgehead atoms. The van der Waals surface area contributed by atoms with Crippen molar-refractivity contribution in [2.24, 2.45) is 0 Å². The lowest BCUT2D eigenvalue weighted by Crippen LogP contribution is -2.52. The van der Waals surface area contributed by atoms with Crippen molar-refractivity contribution in [3.63, 3.8) is 0 Å². The number of nitrogens with one attached hydrogen (secondary N) is 2. The minimum absolute atomic E-state index is 0.0307. The molecular formula is C46H49ClN4O6. The van der Waals surface area contributed by atoms with Crippen LogP contribution < -0.4 is 20.1 Å². The fourth-order valence-electron chi connectivity index (χ4n) is 7.11. The number of nitriles is 1. The van der Waals surface area contributed by atoms with E-state index in [4.69, 9.17) is 21.1 Å². The zero-order valence-corrected chi connectivity index (χ0v) is 33.3. The van der Waals surface area contributed by atoms with Gasteiger partial charge in [0.15, 0.2) is 0 Å². The summed E-state index contributed by atoms with van der Waals surface area (Å²) in [7, 11) is 0. The molecule has 0 radical (unpaired) electrons. The van der Waals surface area contributed by atoms with Crippen molar-refractivity contribution in [1.29, 1.82) is 5.26 Å². The van der Waals surface area contributed by atoms with Gasteiger partial charge >= 0.3 is 5.97 Å². The van der Waals surface area contributed by atoms with Crippen LogP contribution in [0.5, 0.6) is 11.5 Å². The van der Waals surface area contributed by atoms with E-state index in [1.54, 1.807) is 24.4 Å². The third-order valence-electron chi connectivity index (χ3n) is 10.9. The maximum atomic E-state index is 11.9. The van der Waals surface area contributed by atoms with Gasteiger partial charge in [0.05, 0.1) is 23.3 Å². The van der Waals surface area contributed by atoms with Gasteiger partial charge in [-0.2, -0.15) is 5.26 Å². The van der Waals surface area contributed by atoms with Crippen LogP contribution in [0.15, 0.2) is 91.3 Å². The Bertz CT molecular complexity index is 2230. The number of carboxylic acid groups (broad SMARTS) is 1. The third kappa shape index (κ3) is 10.2. The van der Waals surface area contributed by atoms with Gasteiger partial charge in [-0.25, -0.2) is 0 Å². The third-order valence-corrected chi connectivity index (χ3v) is 11.2. The van der Waals surface area contributed by atoms with E-state index in [1.807, 2.05) is 12.1 Å². The smallest absolute Gasteiger partial charge is 0.326 e. The highest BCUT2D eigenvalue weighted by Gasteiger charge is 2.32. The lowest BCUT2D eigenvalue weighted by molar-refractivity contribution is -0.145. The van der Waals surface area contributed by atoms with E-state index in [2.05, 4.69) is 84.1 Å². The molecule has 10 nitrogen and oxygen atoms in total. The van der Waals surface area contributed by atoms with Crippen LogP contribution in [0.2, 0.25) is 5.02 Å². The number of nitrogens with zero attached hydrogens (tertiary/aromatic N) is 2. The number of aliphatic hydroxyl groups excluding tert-OH is 2. The Morgan fingerprint density at radius 1 is 0.860 bits per heavy atom. The Morgan fingerprint density at radius 3 is 2.25 bits per heavy atom. The second kappa shape index (κ2) is 18.8. The van der Waals surface area contributed by atoms with E-state index >= 15 is 0 Å². The zero-order chi connectivity index (χ0) is 40.5. The number of aliphatic carboxylic acids is 1. The van der Waals surface area contributed by atoms with Gasteiger partial charge in [0, 0.05) is 48.7 Å². The molecule has 1 atom stereocenters. The van der Waals surface area contributed by atoms with Crippen LogP contribution >= 0.6 is 11.6 Å². The number of hydrogen-bond donors (Lipinski definition) is 5. The van der Waals surface area contributed by atoms with Crippen LogP contribution in [-0.4, -0.2) is 50.6 Å². The Balaban J connectivity index is 1.19. The molecule has 0 unspecified atom stereocenters. The van der Waals surface area contributed by atoms with Gasteiger partial charge in [-0.15, -0.1) is 0 Å². The molecule has 5 N–H and O–H groups in total. The van der Waals surface area contributed by atoms with Crippen molar-refractivity contribution < 1.29 is 29.6 Å². The average Bonchev–Trinajstić information content (AvgIpc) is 3.22. The first-order chi connectivity index (χ1) is 27.5. The number of ether oxygens (including phenoxy) is 2. The van der Waals surface area contributed by atoms with Crippen molar-refractivity contribution in [2.45, 2.75) is 90.4 Å². The summed E-state index contributed by atoms with van der Waals surface area (Å²) in [6, 6.07) is 28.9. The molecule has 1 aromatic heterocycles. The molecule has 5 aromatic rings. The predicted molar refractivity (Wildman–Crippen MR) is 221 cm³/mol. The Hall–Kier alpha value is -5.28. The van der Waals surface area contributed by atoms with Gasteiger partial charge in [0.2, 0.25) is 0 Å². The largest absolute Gasteiger partial charge is 0.488 e. The fraction of sp³-hybridized carbons (Fsp3) is 0.326. The van der Waals surface area contributed by atoms with E-state index in [0.29, 0.717) is 39.3 Å². The summed E-state index contributed by atoms with van der Waals surface area (Å²) in [5, 5.41) is 45.5. The minimum Gasteiger partial charge on any atom is -0.488 e. The Labute approximate surface area is 339 Å². The molecule has 1 heterocycles. The second-order valence-electron chi connectivity index (χ2n) is 15.0. The number of hydrogen-bond acceptors (Lipinski definition) is 9. The number of carbonyl (C=O) groups is 1. The molecule has 1 aliphatic carbocycles. The first kappa shape index (κ1) is 41.4. The molecule has 0 amide bonds. The van der Waals surface area contributed by atoms with Crippen LogP contribution in [0.1, 0.15) is 71.6 Å². The Morgan fingerprint density at radius 2 is 1.54 bits per heavy atom. The standard InChI is InChI=1S/C46H49ClN4O6/c1-29-35(6-4-8-40(29)41-9-5-7-39(30(41)2)34-12-10-31(11-13-34)24-50-37-14-16-38(53)17-15-37)27-57-44-20-43(56-26-33-18-32(21-48)22-49-23-33)36(19-42(44)47)25-51-46(3,28-52)45(54)55/h4-13,18-20,22-23,37-38,50-53H,14-17,24-28H2,1-3H3,(H,54,55)/t37?,38?,46-/m0/s1. The molecule has 1 aliphatic rings. The van der Waals surface area contributed by atoms with E-state index in [-0.39, 0.29) is 25.9 Å². The van der Waals surface area contributed by atoms with E-state index in [0.717, 1.165) is 60.0 Å². The van der Waals surface area contributed by atoms with Gasteiger partial charge in [0.1, 0.15) is 36.3 Å². The highest BCUT2D eigenvalue weighted by Crippen LogP contribution is 2.37. The van der Waals surface area contributed by atoms with Crippen LogP contribution in [0, 0.1) is 25.2 Å². The highest BCUT2D eigenvalue weighted by atomic mass is 35.5. The summed E-state index contributed by atoms with van der Waals surface area (Å²) < 4.78 is 12.5. The lowest BCUT2D eigenvalue weighted by Gasteiger charge is -2.26. The number of rotatable bonds is 16. The van der Waals surface area contributed by atoms with E-state index in [9.17, 15) is 25.4 Å². The average molecular weight is 789 g/mol. The maximum Gasteiger partial charge on any atom is 0.326 e. The SMILES string of the molecule is Cc1c(COc2cc(OCc3cncc(C#N)c3)c(CN[C@@](C)(CO)C(=O)O)cc2Cl)cccc1-c1cccc(-c2ccc(CNC3CCC(O)CC3)cc2)c1C. The molecule has 11 heteroatoms. The monoisotopic (exact) mass is 788 g/mol. The van der Waals surface area contributed by atoms with Crippen LogP contribution in [0.25, 0.3) is 22.3 Å². The topological polar surface area (TPSA) is 157 Å². The van der Waals surface area contributed by atoms with Crippen molar-refractivity contribution in [1.82, 2.24) is 15.6 Å². The molecule has 1 fully saturated rings. The van der Waals surface area contributed by atoms with Crippen molar-refractivity contribution >= 4 is 17.6 Å². The summed E-state index contributed by atoms with van der Waals surface area (Å²) in [6.07, 6.45) is 6.67. The molecule has 4 aromatic carbocycles. The van der Waals surface area contributed by atoms with E-state index in [1.165, 1.54) is 29.8 Å². The summed E-state index contributed by atoms with van der Waals surface area (Å²) >= 11 is 6.77. The van der Waals surface area contributed by atoms with Gasteiger partial charge < -0.3 is 30.1 Å². The van der Waals surface area contributed by atoms with Crippen LogP contribution in [0.4, 0.5) is 0 Å². The molecule has 0 saturated heterocycles. The first-order valence-electron chi connectivity index (χ1n) is 19.2. The molecule has 0 aliphatic heterocycles. The van der Waals surface area contributed by atoms with Gasteiger partial charge in [-0.05, 0) is 103 Å². The van der Waals surface area contributed by atoms with E-state index < -0.39 is 18.1 Å². The molecule has 6 rings (SSSR count). The van der Waals surface area contributed by atoms with Crippen molar-refractivity contribution in [3.8, 4) is 39.8 Å². The molecule has 0 spiro atoms. The Kier molecular flexibility index (Phi) is 13.6. The highest BCUT2D eigenvalue weighted by molar-refractivity contribution is 6.32. The number of pyridine rings is 1. The summed E-state index contributed by atoms with van der Waals surface area (Å²) in [5.74, 6) is -0.434. The van der Waals surface area contributed by atoms with Gasteiger partial charge in [-0.1, -0.05) is 72.3 Å². The number of benzene rings is 4. The quantitative estimate of drug-likeness (QED) is 0.0663. The second-order valence-corrected chi connectivity index (χ2v) is 15.4. The van der Waals surface area contributed by atoms with Gasteiger partial charge in [0.25, 0.3) is 0 Å². The number of aromatic nitrogens is 1. The van der Waals surface area contributed by atoms with Crippen molar-refractivity contribution in [3.05, 3.63) is 135 Å². The minimum atomic E-state index is -1.59. The summed E-state index contributed by atoms with van der Waals surface area (Å²) in [4.78, 5) is 16.0. The number of carboxylic acids is 1. The fourth-order valence-corrected chi connectivity index (χ4v) is 7.35. The zero-order valence-electron chi connectivity index (χ0n) is 32.5. The molecule has 296 valence electrons. The van der Waals surface area contributed by atoms with Gasteiger partial charge in [-0.3, -0.25) is 15.1 Å². The predicted octanol–water partition coefficient (Wildman–Crippen LogP) is 8.03. The van der Waals surface area contributed by atoms with Crippen molar-refractivity contribution in [2.75, 3.05) is 6.61 Å². The summed E-state index contributed by atoms with van der Waals surface area (Å²) in [6.45, 7) is 6.16. The molecule has 1 saturated carbocycles. The van der Waals surface area contributed by atoms with Crippen LogP contribution in [0.3, 0.4) is 0 Å². The maximum absolute atomic E-state index is 11.9. The molecular weight excluding hydrogens is 740 g/mol. The number of aliphatic hydroxyl groups is 2.